The van der Waals surface area contributed by atoms with Gasteiger partial charge < -0.3 is 10.2 Å². The molecule has 2 N–H and O–H groups in total. The van der Waals surface area contributed by atoms with Crippen LogP contribution >= 0.6 is 0 Å². The average molecular weight is 170 g/mol. The van der Waals surface area contributed by atoms with Gasteiger partial charge in [0.25, 0.3) is 0 Å². The molecule has 0 atom stereocenters. The summed E-state index contributed by atoms with van der Waals surface area (Å²) >= 11 is 0. The van der Waals surface area contributed by atoms with Gasteiger partial charge in [0, 0.05) is 13.0 Å². The highest BCUT2D eigenvalue weighted by atomic mass is 16.4. The first-order chi connectivity index (χ1) is 5.77. The van der Waals surface area contributed by atoms with E-state index in [0.717, 1.165) is 0 Å². The third-order valence-electron chi connectivity index (χ3n) is 1.20. The largest absolute Gasteiger partial charge is 0.481 e. The molecule has 0 radical (unpaired) electrons. The molecule has 0 bridgehead atoms. The van der Waals surface area contributed by atoms with Crippen molar-refractivity contribution in [3.05, 3.63) is 24.3 Å². The zero-order chi connectivity index (χ0) is 9.23. The van der Waals surface area contributed by atoms with E-state index in [1.54, 1.807) is 18.2 Å². The monoisotopic (exact) mass is 170 g/mol. The van der Waals surface area contributed by atoms with Crippen molar-refractivity contribution in [3.8, 4) is 0 Å². The van der Waals surface area contributed by atoms with E-state index in [1.165, 1.54) is 0 Å². The number of allylic oxidation sites excluding steroid dienone is 3. The number of carboxylic acid groups (broad SMARTS) is 1. The van der Waals surface area contributed by atoms with Gasteiger partial charge in [-0.25, -0.2) is 0 Å². The molecule has 0 heterocycles. The van der Waals surface area contributed by atoms with Crippen LogP contribution in [-0.2, 0) is 4.79 Å². The van der Waals surface area contributed by atoms with Crippen molar-refractivity contribution >= 4 is 5.97 Å². The molecular formula is C9H14O3. The molecule has 0 unspecified atom stereocenters. The third kappa shape index (κ3) is 8.91. The third-order valence-corrected chi connectivity index (χ3v) is 1.20. The van der Waals surface area contributed by atoms with Crippen LogP contribution in [-0.4, -0.2) is 22.8 Å². The topological polar surface area (TPSA) is 57.5 Å². The van der Waals surface area contributed by atoms with Gasteiger partial charge in [-0.15, -0.1) is 0 Å². The lowest BCUT2D eigenvalue weighted by Gasteiger charge is -1.85. The highest BCUT2D eigenvalue weighted by molar-refractivity contribution is 5.66. The molecular weight excluding hydrogens is 156 g/mol. The lowest BCUT2D eigenvalue weighted by Crippen LogP contribution is -1.91. The van der Waals surface area contributed by atoms with Crippen molar-refractivity contribution in [2.24, 2.45) is 0 Å². The number of carboxylic acids is 1. The van der Waals surface area contributed by atoms with Crippen molar-refractivity contribution in [2.75, 3.05) is 6.61 Å². The molecule has 0 aromatic carbocycles. The van der Waals surface area contributed by atoms with Crippen molar-refractivity contribution in [2.45, 2.75) is 19.3 Å². The first-order valence-corrected chi connectivity index (χ1v) is 3.91. The van der Waals surface area contributed by atoms with Crippen LogP contribution in [0.1, 0.15) is 19.3 Å². The Morgan fingerprint density at radius 1 is 1.17 bits per heavy atom. The molecule has 3 nitrogen and oxygen atoms in total. The zero-order valence-electron chi connectivity index (χ0n) is 6.94. The molecule has 0 aromatic rings. The van der Waals surface area contributed by atoms with Gasteiger partial charge in [-0.3, -0.25) is 4.79 Å². The highest BCUT2D eigenvalue weighted by Crippen LogP contribution is 1.91. The second-order valence-corrected chi connectivity index (χ2v) is 2.30. The Hall–Kier alpha value is -1.09. The van der Waals surface area contributed by atoms with Crippen LogP contribution in [0.5, 0.6) is 0 Å². The molecule has 0 amide bonds. The molecule has 68 valence electrons. The molecule has 0 fully saturated rings. The summed E-state index contributed by atoms with van der Waals surface area (Å²) in [6.07, 6.45) is 8.59. The minimum Gasteiger partial charge on any atom is -0.481 e. The van der Waals surface area contributed by atoms with Crippen LogP contribution in [0, 0.1) is 0 Å². The van der Waals surface area contributed by atoms with Crippen LogP contribution in [0.25, 0.3) is 0 Å². The van der Waals surface area contributed by atoms with E-state index in [4.69, 9.17) is 10.2 Å². The molecule has 0 aliphatic carbocycles. The molecule has 0 saturated heterocycles. The maximum absolute atomic E-state index is 10.0. The van der Waals surface area contributed by atoms with E-state index >= 15 is 0 Å². The zero-order valence-corrected chi connectivity index (χ0v) is 6.94. The van der Waals surface area contributed by atoms with E-state index in [0.29, 0.717) is 12.8 Å². The number of aliphatic carboxylic acids is 1. The summed E-state index contributed by atoms with van der Waals surface area (Å²) in [6, 6.07) is 0. The number of carbonyl (C=O) groups is 1. The standard InChI is InChI=1S/C9H14O3/c10-8-6-4-2-1-3-5-7-9(11)12/h1-4,10H,5-8H2,(H,11,12). The van der Waals surface area contributed by atoms with Gasteiger partial charge in [0.1, 0.15) is 0 Å². The number of hydrogen-bond acceptors (Lipinski definition) is 2. The second kappa shape index (κ2) is 8.01. The Morgan fingerprint density at radius 3 is 2.25 bits per heavy atom. The highest BCUT2D eigenvalue weighted by Gasteiger charge is 1.90. The minimum absolute atomic E-state index is 0.152. The normalized spacial score (nSPS) is 11.4. The fraction of sp³-hybridized carbons (Fsp3) is 0.444. The molecule has 0 saturated carbocycles. The first-order valence-electron chi connectivity index (χ1n) is 3.91. The lowest BCUT2D eigenvalue weighted by molar-refractivity contribution is -0.136. The number of aliphatic hydroxyl groups excluding tert-OH is 1. The Morgan fingerprint density at radius 2 is 1.75 bits per heavy atom. The summed E-state index contributed by atoms with van der Waals surface area (Å²) in [5.74, 6) is -0.779. The van der Waals surface area contributed by atoms with Crippen LogP contribution in [0.3, 0.4) is 0 Å². The SMILES string of the molecule is O=C(O)CCC=CC=CCCO. The second-order valence-electron chi connectivity index (χ2n) is 2.30. The average Bonchev–Trinajstić information content (AvgIpc) is 2.02. The van der Waals surface area contributed by atoms with E-state index < -0.39 is 5.97 Å². The first kappa shape index (κ1) is 10.9. The summed E-state index contributed by atoms with van der Waals surface area (Å²) < 4.78 is 0. The Balaban J connectivity index is 3.30. The maximum atomic E-state index is 10.0. The van der Waals surface area contributed by atoms with Crippen molar-refractivity contribution in [1.29, 1.82) is 0 Å². The van der Waals surface area contributed by atoms with Crippen LogP contribution in [0.15, 0.2) is 24.3 Å². The molecule has 0 aromatic heterocycles. The Labute approximate surface area is 72.0 Å². The molecule has 0 aliphatic rings. The van der Waals surface area contributed by atoms with Crippen LogP contribution < -0.4 is 0 Å². The summed E-state index contributed by atoms with van der Waals surface area (Å²) in [7, 11) is 0. The van der Waals surface area contributed by atoms with Gasteiger partial charge in [-0.2, -0.15) is 0 Å². The molecule has 0 aliphatic heterocycles. The van der Waals surface area contributed by atoms with Crippen molar-refractivity contribution in [1.82, 2.24) is 0 Å². The summed E-state index contributed by atoms with van der Waals surface area (Å²) in [4.78, 5) is 10.0. The predicted octanol–water partition coefficient (Wildman–Crippen LogP) is 1.35. The predicted molar refractivity (Wildman–Crippen MR) is 46.9 cm³/mol. The van der Waals surface area contributed by atoms with Gasteiger partial charge in [-0.05, 0) is 12.8 Å². The number of rotatable bonds is 6. The molecule has 12 heavy (non-hydrogen) atoms. The minimum atomic E-state index is -0.779. The van der Waals surface area contributed by atoms with Crippen molar-refractivity contribution < 1.29 is 15.0 Å². The molecule has 0 rings (SSSR count). The fourth-order valence-electron chi connectivity index (χ4n) is 0.631. The van der Waals surface area contributed by atoms with Crippen molar-refractivity contribution in [3.63, 3.8) is 0 Å². The van der Waals surface area contributed by atoms with Gasteiger partial charge in [-0.1, -0.05) is 24.3 Å². The maximum Gasteiger partial charge on any atom is 0.303 e. The Bertz CT molecular complexity index is 171. The quantitative estimate of drug-likeness (QED) is 0.591. The van der Waals surface area contributed by atoms with Gasteiger partial charge >= 0.3 is 5.97 Å². The van der Waals surface area contributed by atoms with Gasteiger partial charge in [0.2, 0.25) is 0 Å². The van der Waals surface area contributed by atoms with E-state index in [9.17, 15) is 4.79 Å². The number of aliphatic hydroxyl groups is 1. The van der Waals surface area contributed by atoms with Crippen LogP contribution in [0.2, 0.25) is 0 Å². The Kier molecular flexibility index (Phi) is 7.28. The smallest absolute Gasteiger partial charge is 0.303 e. The summed E-state index contributed by atoms with van der Waals surface area (Å²) in [5, 5.41) is 16.7. The van der Waals surface area contributed by atoms with Gasteiger partial charge in [0.15, 0.2) is 0 Å². The summed E-state index contributed by atoms with van der Waals surface area (Å²) in [6.45, 7) is 0.152. The summed E-state index contributed by atoms with van der Waals surface area (Å²) in [5.41, 5.74) is 0. The van der Waals surface area contributed by atoms with E-state index in [-0.39, 0.29) is 13.0 Å². The fourth-order valence-corrected chi connectivity index (χ4v) is 0.631. The number of hydrogen-bond donors (Lipinski definition) is 2. The molecule has 0 spiro atoms. The van der Waals surface area contributed by atoms with E-state index in [2.05, 4.69) is 0 Å². The lowest BCUT2D eigenvalue weighted by atomic mass is 10.3. The van der Waals surface area contributed by atoms with Crippen LogP contribution in [0.4, 0.5) is 0 Å². The van der Waals surface area contributed by atoms with Gasteiger partial charge in [0.05, 0.1) is 0 Å². The molecule has 3 heteroatoms. The van der Waals surface area contributed by atoms with E-state index in [1.807, 2.05) is 6.08 Å².